The third-order valence-electron chi connectivity index (χ3n) is 6.90. The normalized spacial score (nSPS) is 14.4. The number of alkyl halides is 3. The van der Waals surface area contributed by atoms with Crippen LogP contribution in [0.15, 0.2) is 78.9 Å². The van der Waals surface area contributed by atoms with Crippen molar-refractivity contribution in [1.82, 2.24) is 4.98 Å². The van der Waals surface area contributed by atoms with E-state index < -0.39 is 24.3 Å². The van der Waals surface area contributed by atoms with Crippen molar-refractivity contribution in [2.75, 3.05) is 29.9 Å². The highest BCUT2D eigenvalue weighted by atomic mass is 35.5. The van der Waals surface area contributed by atoms with Gasteiger partial charge in [0.1, 0.15) is 17.1 Å². The molecule has 0 radical (unpaired) electrons. The Morgan fingerprint density at radius 1 is 1.00 bits per heavy atom. The number of para-hydroxylation sites is 1. The standard InChI is InChI=1S/C30H27ClF3N3O2/c31-24-11-10-23(30(32,33)34)18-25(24)35-28(38)19-39-26-8-4-7-22-9-12-27(36-29(22)26)37-15-13-21(14-16-37)17-20-5-2-1-3-6-20/h1-12,18,21H,13-17,19H2,(H,35,38). The molecule has 0 atom stereocenters. The minimum atomic E-state index is -4.55. The number of hydrogen-bond acceptors (Lipinski definition) is 4. The van der Waals surface area contributed by atoms with E-state index in [2.05, 4.69) is 34.5 Å². The smallest absolute Gasteiger partial charge is 0.416 e. The summed E-state index contributed by atoms with van der Waals surface area (Å²) in [6.07, 6.45) is -1.33. The van der Waals surface area contributed by atoms with Gasteiger partial charge in [-0.1, -0.05) is 54.1 Å². The summed E-state index contributed by atoms with van der Waals surface area (Å²) in [5.41, 5.74) is 0.944. The average molecular weight is 554 g/mol. The lowest BCUT2D eigenvalue weighted by molar-refractivity contribution is -0.137. The van der Waals surface area contributed by atoms with Crippen LogP contribution in [-0.4, -0.2) is 30.6 Å². The van der Waals surface area contributed by atoms with Gasteiger partial charge in [-0.05, 0) is 67.1 Å². The molecule has 3 aromatic carbocycles. The summed E-state index contributed by atoms with van der Waals surface area (Å²) in [5, 5.41) is 3.26. The first kappa shape index (κ1) is 26.8. The molecule has 0 saturated carbocycles. The summed E-state index contributed by atoms with van der Waals surface area (Å²) in [4.78, 5) is 19.6. The highest BCUT2D eigenvalue weighted by Crippen LogP contribution is 2.34. The van der Waals surface area contributed by atoms with Crippen molar-refractivity contribution < 1.29 is 22.7 Å². The summed E-state index contributed by atoms with van der Waals surface area (Å²) < 4.78 is 44.9. The number of hydrogen-bond donors (Lipinski definition) is 1. The molecular weight excluding hydrogens is 527 g/mol. The van der Waals surface area contributed by atoms with Gasteiger partial charge in [-0.3, -0.25) is 4.79 Å². The zero-order valence-electron chi connectivity index (χ0n) is 21.0. The molecule has 1 fully saturated rings. The number of anilines is 2. The third kappa shape index (κ3) is 6.63. The Balaban J connectivity index is 1.23. The monoisotopic (exact) mass is 553 g/mol. The van der Waals surface area contributed by atoms with Gasteiger partial charge < -0.3 is 15.0 Å². The van der Waals surface area contributed by atoms with Crippen LogP contribution in [0.25, 0.3) is 10.9 Å². The number of aromatic nitrogens is 1. The van der Waals surface area contributed by atoms with Crippen LogP contribution in [0.1, 0.15) is 24.0 Å². The van der Waals surface area contributed by atoms with Crippen molar-refractivity contribution in [1.29, 1.82) is 0 Å². The lowest BCUT2D eigenvalue weighted by Crippen LogP contribution is -2.34. The molecular formula is C30H27ClF3N3O2. The Labute approximate surface area is 229 Å². The summed E-state index contributed by atoms with van der Waals surface area (Å²) in [7, 11) is 0. The predicted octanol–water partition coefficient (Wildman–Crippen LogP) is 7.38. The average Bonchev–Trinajstić information content (AvgIpc) is 2.93. The molecule has 39 heavy (non-hydrogen) atoms. The van der Waals surface area contributed by atoms with E-state index in [1.165, 1.54) is 5.56 Å². The van der Waals surface area contributed by atoms with E-state index in [1.807, 2.05) is 24.3 Å². The lowest BCUT2D eigenvalue weighted by atomic mass is 9.90. The van der Waals surface area contributed by atoms with E-state index in [0.29, 0.717) is 17.2 Å². The number of ether oxygens (including phenoxy) is 1. The quantitative estimate of drug-likeness (QED) is 0.259. The van der Waals surface area contributed by atoms with E-state index in [0.717, 1.165) is 61.8 Å². The Morgan fingerprint density at radius 3 is 2.51 bits per heavy atom. The van der Waals surface area contributed by atoms with E-state index in [1.54, 1.807) is 12.1 Å². The van der Waals surface area contributed by atoms with Gasteiger partial charge in [0.2, 0.25) is 0 Å². The second-order valence-corrected chi connectivity index (χ2v) is 10.1. The van der Waals surface area contributed by atoms with Gasteiger partial charge in [0, 0.05) is 18.5 Å². The maximum Gasteiger partial charge on any atom is 0.416 e. The number of carbonyl (C=O) groups is 1. The SMILES string of the molecule is O=C(COc1cccc2ccc(N3CCC(Cc4ccccc4)CC3)nc12)Nc1cc(C(F)(F)F)ccc1Cl. The summed E-state index contributed by atoms with van der Waals surface area (Å²) in [5.74, 6) is 1.26. The first-order valence-electron chi connectivity index (χ1n) is 12.7. The predicted molar refractivity (Wildman–Crippen MR) is 147 cm³/mol. The molecule has 1 amide bonds. The van der Waals surface area contributed by atoms with Gasteiger partial charge in [0.05, 0.1) is 16.3 Å². The Kier molecular flexibility index (Phi) is 7.93. The number of amides is 1. The van der Waals surface area contributed by atoms with Crippen molar-refractivity contribution >= 4 is 39.9 Å². The van der Waals surface area contributed by atoms with Crippen molar-refractivity contribution in [3.8, 4) is 5.75 Å². The van der Waals surface area contributed by atoms with Gasteiger partial charge in [-0.2, -0.15) is 13.2 Å². The van der Waals surface area contributed by atoms with Crippen LogP contribution < -0.4 is 15.0 Å². The van der Waals surface area contributed by atoms with Crippen molar-refractivity contribution in [2.45, 2.75) is 25.4 Å². The third-order valence-corrected chi connectivity index (χ3v) is 7.23. The Morgan fingerprint density at radius 2 is 1.77 bits per heavy atom. The molecule has 2 heterocycles. The van der Waals surface area contributed by atoms with E-state index >= 15 is 0 Å². The lowest BCUT2D eigenvalue weighted by Gasteiger charge is -2.33. The topological polar surface area (TPSA) is 54.5 Å². The molecule has 9 heteroatoms. The molecule has 1 aliphatic rings. The second-order valence-electron chi connectivity index (χ2n) is 9.65. The zero-order valence-corrected chi connectivity index (χ0v) is 21.8. The number of nitrogens with one attached hydrogen (secondary N) is 1. The fourth-order valence-electron chi connectivity index (χ4n) is 4.84. The molecule has 0 bridgehead atoms. The van der Waals surface area contributed by atoms with Gasteiger partial charge in [-0.15, -0.1) is 0 Å². The Hall–Kier alpha value is -3.78. The van der Waals surface area contributed by atoms with Crippen LogP contribution >= 0.6 is 11.6 Å². The summed E-state index contributed by atoms with van der Waals surface area (Å²) in [6.45, 7) is 1.39. The molecule has 1 saturated heterocycles. The van der Waals surface area contributed by atoms with Crippen molar-refractivity contribution in [2.24, 2.45) is 5.92 Å². The highest BCUT2D eigenvalue weighted by Gasteiger charge is 2.31. The number of pyridine rings is 1. The van der Waals surface area contributed by atoms with Crippen LogP contribution in [0, 0.1) is 5.92 Å². The first-order chi connectivity index (χ1) is 18.8. The molecule has 5 nitrogen and oxygen atoms in total. The van der Waals surface area contributed by atoms with Crippen molar-refractivity contribution in [3.05, 3.63) is 95.0 Å². The number of rotatable bonds is 7. The summed E-state index contributed by atoms with van der Waals surface area (Å²) in [6, 6.07) is 22.7. The van der Waals surface area contributed by atoms with Crippen LogP contribution in [-0.2, 0) is 17.4 Å². The molecule has 1 aliphatic heterocycles. The van der Waals surface area contributed by atoms with E-state index in [-0.39, 0.29) is 10.7 Å². The number of piperidine rings is 1. The number of carbonyl (C=O) groups excluding carboxylic acids is 1. The molecule has 0 aliphatic carbocycles. The maximum absolute atomic E-state index is 13.0. The number of fused-ring (bicyclic) bond motifs is 1. The minimum Gasteiger partial charge on any atom is -0.481 e. The first-order valence-corrected chi connectivity index (χ1v) is 13.1. The molecule has 4 aromatic rings. The molecule has 0 unspecified atom stereocenters. The van der Waals surface area contributed by atoms with Gasteiger partial charge in [0.15, 0.2) is 6.61 Å². The van der Waals surface area contributed by atoms with Crippen LogP contribution in [0.5, 0.6) is 5.75 Å². The Bertz CT molecular complexity index is 1460. The number of nitrogens with zero attached hydrogens (tertiary/aromatic N) is 2. The largest absolute Gasteiger partial charge is 0.481 e. The van der Waals surface area contributed by atoms with Crippen LogP contribution in [0.4, 0.5) is 24.7 Å². The van der Waals surface area contributed by atoms with Crippen LogP contribution in [0.2, 0.25) is 5.02 Å². The fraction of sp³-hybridized carbons (Fsp3) is 0.267. The second kappa shape index (κ2) is 11.5. The molecule has 202 valence electrons. The van der Waals surface area contributed by atoms with Gasteiger partial charge >= 0.3 is 6.18 Å². The highest BCUT2D eigenvalue weighted by molar-refractivity contribution is 6.33. The van der Waals surface area contributed by atoms with Crippen molar-refractivity contribution in [3.63, 3.8) is 0 Å². The number of benzene rings is 3. The van der Waals surface area contributed by atoms with Gasteiger partial charge in [0.25, 0.3) is 5.91 Å². The molecule has 5 rings (SSSR count). The van der Waals surface area contributed by atoms with E-state index in [4.69, 9.17) is 21.3 Å². The fourth-order valence-corrected chi connectivity index (χ4v) is 5.01. The maximum atomic E-state index is 13.0. The van der Waals surface area contributed by atoms with E-state index in [9.17, 15) is 18.0 Å². The zero-order chi connectivity index (χ0) is 27.4. The molecule has 1 aromatic heterocycles. The minimum absolute atomic E-state index is 0.000332. The van der Waals surface area contributed by atoms with Crippen LogP contribution in [0.3, 0.4) is 0 Å². The molecule has 1 N–H and O–H groups in total. The summed E-state index contributed by atoms with van der Waals surface area (Å²) >= 11 is 5.99. The molecule has 0 spiro atoms. The number of halogens is 4. The van der Waals surface area contributed by atoms with Gasteiger partial charge in [-0.25, -0.2) is 4.98 Å².